The third-order valence-electron chi connectivity index (χ3n) is 1.87. The van der Waals surface area contributed by atoms with Gasteiger partial charge < -0.3 is 15.5 Å². The van der Waals surface area contributed by atoms with Crippen LogP contribution in [0.3, 0.4) is 0 Å². The van der Waals surface area contributed by atoms with Gasteiger partial charge in [-0.15, -0.1) is 0 Å². The fourth-order valence-corrected chi connectivity index (χ4v) is 1.13. The molecule has 5 N–H and O–H groups in total. The van der Waals surface area contributed by atoms with E-state index in [1.807, 2.05) is 0 Å². The first-order valence-corrected chi connectivity index (χ1v) is 4.58. The number of carbonyl (C=O) groups excluding carboxylic acids is 1. The number of rotatable bonds is 3. The molecule has 0 aromatic carbocycles. The van der Waals surface area contributed by atoms with Gasteiger partial charge in [0, 0.05) is 0 Å². The molecule has 0 aliphatic carbocycles. The van der Waals surface area contributed by atoms with Crippen LogP contribution in [0.1, 0.15) is 10.5 Å². The van der Waals surface area contributed by atoms with Crippen LogP contribution in [0, 0.1) is 0 Å². The van der Waals surface area contributed by atoms with Gasteiger partial charge in [0.2, 0.25) is 5.88 Å². The number of amides is 1. The van der Waals surface area contributed by atoms with Crippen LogP contribution in [0.5, 0.6) is 0 Å². The number of nitrogens with two attached hydrogens (primary N) is 1. The molecule has 8 heteroatoms. The quantitative estimate of drug-likeness (QED) is 0.451. The van der Waals surface area contributed by atoms with Crippen LogP contribution in [0.2, 0.25) is 0 Å². The van der Waals surface area contributed by atoms with Crippen molar-refractivity contribution >= 4 is 23.5 Å². The van der Waals surface area contributed by atoms with E-state index in [-0.39, 0.29) is 17.6 Å². The van der Waals surface area contributed by atoms with Gasteiger partial charge in [-0.3, -0.25) is 10.0 Å². The highest BCUT2D eigenvalue weighted by Crippen LogP contribution is 2.16. The van der Waals surface area contributed by atoms with Crippen LogP contribution in [-0.2, 0) is 0 Å². The molecule has 1 amide bonds. The molecule has 2 rings (SSSR count). The van der Waals surface area contributed by atoms with E-state index in [1.54, 1.807) is 6.07 Å². The average molecular weight is 235 g/mol. The third kappa shape index (κ3) is 2.49. The summed E-state index contributed by atoms with van der Waals surface area (Å²) >= 11 is 0. The summed E-state index contributed by atoms with van der Waals surface area (Å²) in [4.78, 5) is 18.6. The van der Waals surface area contributed by atoms with E-state index in [1.165, 1.54) is 23.9 Å². The second-order valence-corrected chi connectivity index (χ2v) is 3.07. The van der Waals surface area contributed by atoms with Crippen molar-refractivity contribution in [3.05, 3.63) is 30.2 Å². The molecule has 2 aromatic heterocycles. The summed E-state index contributed by atoms with van der Waals surface area (Å²) in [6.45, 7) is 0. The fraction of sp³-hybridized carbons (Fsp3) is 0. The predicted molar refractivity (Wildman–Crippen MR) is 57.7 cm³/mol. The summed E-state index contributed by atoms with van der Waals surface area (Å²) in [7, 11) is 0. The van der Waals surface area contributed by atoms with E-state index in [0.717, 1.165) is 0 Å². The van der Waals surface area contributed by atoms with Crippen molar-refractivity contribution in [2.24, 2.45) is 0 Å². The Labute approximate surface area is 95.4 Å². The lowest BCUT2D eigenvalue weighted by molar-refractivity contribution is 0.0701. The number of carbonyl (C=O) groups is 1. The van der Waals surface area contributed by atoms with E-state index >= 15 is 0 Å². The van der Waals surface area contributed by atoms with Crippen molar-refractivity contribution in [2.45, 2.75) is 0 Å². The summed E-state index contributed by atoms with van der Waals surface area (Å²) < 4.78 is 4.99. The number of nitrogens with one attached hydrogen (secondary N) is 2. The topological polar surface area (TPSA) is 126 Å². The van der Waals surface area contributed by atoms with Gasteiger partial charge in [0.05, 0.1) is 18.1 Å². The first-order valence-electron chi connectivity index (χ1n) is 4.58. The SMILES string of the molecule is Nc1cnc(Nc2ccc(C(=O)NO)nc2)o1. The van der Waals surface area contributed by atoms with E-state index in [4.69, 9.17) is 15.4 Å². The highest BCUT2D eigenvalue weighted by molar-refractivity contribution is 5.91. The number of hydrogen-bond donors (Lipinski definition) is 4. The summed E-state index contributed by atoms with van der Waals surface area (Å²) in [6.07, 6.45) is 2.76. The minimum Gasteiger partial charge on any atom is -0.408 e. The number of pyridine rings is 1. The number of hydroxylamine groups is 1. The molecule has 0 saturated heterocycles. The van der Waals surface area contributed by atoms with Gasteiger partial charge in [-0.05, 0) is 12.1 Å². The highest BCUT2D eigenvalue weighted by Gasteiger charge is 2.06. The van der Waals surface area contributed by atoms with Crippen LogP contribution in [0.4, 0.5) is 17.6 Å². The smallest absolute Gasteiger partial charge is 0.301 e. The highest BCUT2D eigenvalue weighted by atomic mass is 16.5. The Morgan fingerprint density at radius 1 is 1.35 bits per heavy atom. The molecule has 0 radical (unpaired) electrons. The maximum Gasteiger partial charge on any atom is 0.301 e. The third-order valence-corrected chi connectivity index (χ3v) is 1.87. The second kappa shape index (κ2) is 4.49. The first kappa shape index (κ1) is 10.9. The number of hydrogen-bond acceptors (Lipinski definition) is 7. The molecule has 0 aliphatic heterocycles. The van der Waals surface area contributed by atoms with Crippen molar-refractivity contribution in [2.75, 3.05) is 11.1 Å². The van der Waals surface area contributed by atoms with Crippen LogP contribution < -0.4 is 16.5 Å². The van der Waals surface area contributed by atoms with Gasteiger partial charge in [-0.25, -0.2) is 10.5 Å². The van der Waals surface area contributed by atoms with Crippen molar-refractivity contribution < 1.29 is 14.4 Å². The predicted octanol–water partition coefficient (Wildman–Crippen LogP) is 0.514. The number of anilines is 3. The van der Waals surface area contributed by atoms with Gasteiger partial charge >= 0.3 is 6.01 Å². The van der Waals surface area contributed by atoms with Crippen LogP contribution >= 0.6 is 0 Å². The van der Waals surface area contributed by atoms with E-state index in [2.05, 4.69) is 15.3 Å². The molecule has 0 atom stereocenters. The molecule has 0 saturated carbocycles. The number of oxazole rings is 1. The number of nitrogen functional groups attached to an aromatic ring is 1. The largest absolute Gasteiger partial charge is 0.408 e. The molecular formula is C9H9N5O3. The minimum atomic E-state index is -0.683. The minimum absolute atomic E-state index is 0.0879. The van der Waals surface area contributed by atoms with Gasteiger partial charge in [-0.1, -0.05) is 0 Å². The number of aromatic nitrogens is 2. The molecule has 0 spiro atoms. The molecular weight excluding hydrogens is 226 g/mol. The van der Waals surface area contributed by atoms with Gasteiger partial charge in [0.25, 0.3) is 5.91 Å². The lowest BCUT2D eigenvalue weighted by Gasteiger charge is -2.02. The molecule has 0 fully saturated rings. The normalized spacial score (nSPS) is 9.94. The molecule has 17 heavy (non-hydrogen) atoms. The zero-order valence-corrected chi connectivity index (χ0v) is 8.54. The van der Waals surface area contributed by atoms with Crippen molar-refractivity contribution in [1.29, 1.82) is 0 Å². The number of nitrogens with zero attached hydrogens (tertiary/aromatic N) is 2. The Morgan fingerprint density at radius 3 is 2.71 bits per heavy atom. The van der Waals surface area contributed by atoms with Crippen LogP contribution in [0.25, 0.3) is 0 Å². The Morgan fingerprint density at radius 2 is 2.18 bits per heavy atom. The van der Waals surface area contributed by atoms with Crippen molar-refractivity contribution in [3.8, 4) is 0 Å². The van der Waals surface area contributed by atoms with Gasteiger partial charge in [0.1, 0.15) is 5.69 Å². The van der Waals surface area contributed by atoms with Crippen LogP contribution in [-0.4, -0.2) is 21.1 Å². The zero-order valence-electron chi connectivity index (χ0n) is 8.54. The van der Waals surface area contributed by atoms with Gasteiger partial charge in [0.15, 0.2) is 0 Å². The lowest BCUT2D eigenvalue weighted by atomic mass is 10.3. The molecule has 0 bridgehead atoms. The van der Waals surface area contributed by atoms with Crippen molar-refractivity contribution in [3.63, 3.8) is 0 Å². The van der Waals surface area contributed by atoms with E-state index in [0.29, 0.717) is 5.69 Å². The molecule has 8 nitrogen and oxygen atoms in total. The Balaban J connectivity index is 2.10. The monoisotopic (exact) mass is 235 g/mol. The van der Waals surface area contributed by atoms with E-state index in [9.17, 15) is 4.79 Å². The average Bonchev–Trinajstić information content (AvgIpc) is 2.75. The second-order valence-electron chi connectivity index (χ2n) is 3.07. The standard InChI is InChI=1S/C9H9N5O3/c10-7-4-12-9(17-7)13-5-1-2-6(11-3-5)8(15)14-16/h1-4,16H,10H2,(H,12,13)(H,14,15). The summed E-state index contributed by atoms with van der Waals surface area (Å²) in [5.41, 5.74) is 7.49. The molecule has 88 valence electrons. The molecule has 2 heterocycles. The Bertz CT molecular complexity index is 522. The summed E-state index contributed by atoms with van der Waals surface area (Å²) in [5, 5.41) is 11.2. The molecule has 0 unspecified atom stereocenters. The van der Waals surface area contributed by atoms with Gasteiger partial charge in [-0.2, -0.15) is 4.98 Å². The Kier molecular flexibility index (Phi) is 2.88. The summed E-state index contributed by atoms with van der Waals surface area (Å²) in [5.74, 6) is -0.492. The first-order chi connectivity index (χ1) is 8.19. The molecule has 0 aliphatic rings. The van der Waals surface area contributed by atoms with Crippen LogP contribution in [0.15, 0.2) is 28.9 Å². The molecule has 2 aromatic rings. The Hall–Kier alpha value is -2.61. The zero-order chi connectivity index (χ0) is 12.3. The van der Waals surface area contributed by atoms with E-state index < -0.39 is 5.91 Å². The lowest BCUT2D eigenvalue weighted by Crippen LogP contribution is -2.19. The summed E-state index contributed by atoms with van der Waals surface area (Å²) in [6, 6.07) is 3.24. The maximum absolute atomic E-state index is 11.0. The fourth-order valence-electron chi connectivity index (χ4n) is 1.13. The maximum atomic E-state index is 11.0. The van der Waals surface area contributed by atoms with Crippen molar-refractivity contribution in [1.82, 2.24) is 15.4 Å².